The van der Waals surface area contributed by atoms with Crippen LogP contribution in [-0.2, 0) is 22.4 Å². The van der Waals surface area contributed by atoms with E-state index in [0.29, 0.717) is 42.9 Å². The number of thioether (sulfide) groups is 1. The Morgan fingerprint density at radius 3 is 2.85 bits per heavy atom. The monoisotopic (exact) mass is 485 g/mol. The minimum atomic E-state index is -0.0611. The van der Waals surface area contributed by atoms with E-state index in [9.17, 15) is 9.59 Å². The van der Waals surface area contributed by atoms with Crippen LogP contribution in [0.5, 0.6) is 5.75 Å². The Bertz CT molecular complexity index is 1230. The molecule has 1 aromatic carbocycles. The molecule has 174 valence electrons. The molecule has 3 heterocycles. The first-order valence-electron chi connectivity index (χ1n) is 11.4. The second-order valence-electron chi connectivity index (χ2n) is 8.26. The molecule has 1 fully saturated rings. The number of methoxy groups -OCH3 is 1. The van der Waals surface area contributed by atoms with E-state index in [1.807, 2.05) is 29.2 Å². The van der Waals surface area contributed by atoms with Crippen LogP contribution in [0.3, 0.4) is 0 Å². The number of nitrogens with zero attached hydrogens (tertiary/aromatic N) is 3. The molecule has 0 spiro atoms. The van der Waals surface area contributed by atoms with Gasteiger partial charge in [0.15, 0.2) is 5.16 Å². The van der Waals surface area contributed by atoms with Gasteiger partial charge in [-0.25, -0.2) is 4.98 Å². The largest absolute Gasteiger partial charge is 0.497 e. The molecule has 1 amide bonds. The number of morpholine rings is 1. The first-order chi connectivity index (χ1) is 16.2. The number of amides is 1. The molecule has 1 aliphatic carbocycles. The molecule has 0 bridgehead atoms. The number of aromatic nitrogens is 2. The van der Waals surface area contributed by atoms with Crippen molar-refractivity contribution in [3.63, 3.8) is 0 Å². The number of aryl methyl sites for hydroxylation is 2. The highest BCUT2D eigenvalue weighted by Gasteiger charge is 2.24. The molecule has 7 nitrogen and oxygen atoms in total. The minimum absolute atomic E-state index is 0.0387. The lowest BCUT2D eigenvalue weighted by Gasteiger charge is -2.26. The first-order valence-corrected chi connectivity index (χ1v) is 13.2. The minimum Gasteiger partial charge on any atom is -0.497 e. The van der Waals surface area contributed by atoms with Crippen molar-refractivity contribution < 1.29 is 14.3 Å². The second-order valence-corrected chi connectivity index (χ2v) is 10.3. The third-order valence-corrected chi connectivity index (χ3v) is 8.32. The number of ether oxygens (including phenoxy) is 2. The predicted octanol–water partition coefficient (Wildman–Crippen LogP) is 3.68. The van der Waals surface area contributed by atoms with Crippen molar-refractivity contribution in [1.29, 1.82) is 0 Å². The Labute approximate surface area is 200 Å². The average Bonchev–Trinajstić information content (AvgIpc) is 3.04. The molecule has 0 radical (unpaired) electrons. The van der Waals surface area contributed by atoms with E-state index in [2.05, 4.69) is 0 Å². The van der Waals surface area contributed by atoms with Gasteiger partial charge < -0.3 is 14.4 Å². The van der Waals surface area contributed by atoms with Crippen molar-refractivity contribution in [3.8, 4) is 11.4 Å². The van der Waals surface area contributed by atoms with Crippen LogP contribution in [0.1, 0.15) is 29.7 Å². The van der Waals surface area contributed by atoms with E-state index in [-0.39, 0.29) is 17.2 Å². The lowest BCUT2D eigenvalue weighted by molar-refractivity contribution is -0.132. The maximum Gasteiger partial charge on any atom is 0.267 e. The number of hydrogen-bond acceptors (Lipinski definition) is 7. The molecule has 2 aromatic heterocycles. The van der Waals surface area contributed by atoms with Gasteiger partial charge in [-0.15, -0.1) is 11.3 Å². The van der Waals surface area contributed by atoms with E-state index in [0.717, 1.165) is 35.9 Å². The van der Waals surface area contributed by atoms with Crippen LogP contribution in [0.4, 0.5) is 0 Å². The van der Waals surface area contributed by atoms with Gasteiger partial charge in [-0.2, -0.15) is 0 Å². The number of rotatable bonds is 5. The Morgan fingerprint density at radius 1 is 1.21 bits per heavy atom. The smallest absolute Gasteiger partial charge is 0.267 e. The summed E-state index contributed by atoms with van der Waals surface area (Å²) in [4.78, 5) is 35.5. The van der Waals surface area contributed by atoms with Crippen LogP contribution in [0.15, 0.2) is 34.2 Å². The van der Waals surface area contributed by atoms with Crippen LogP contribution in [0.25, 0.3) is 15.9 Å². The molecular formula is C24H27N3O4S2. The topological polar surface area (TPSA) is 73.7 Å². The summed E-state index contributed by atoms with van der Waals surface area (Å²) in [6.45, 7) is 2.34. The van der Waals surface area contributed by atoms with Crippen LogP contribution < -0.4 is 10.3 Å². The number of hydrogen-bond donors (Lipinski definition) is 0. The molecule has 1 saturated heterocycles. The van der Waals surface area contributed by atoms with Gasteiger partial charge in [0.25, 0.3) is 5.56 Å². The number of thiophene rings is 1. The van der Waals surface area contributed by atoms with Gasteiger partial charge in [0.2, 0.25) is 5.91 Å². The maximum atomic E-state index is 13.9. The maximum absolute atomic E-state index is 13.9. The highest BCUT2D eigenvalue weighted by atomic mass is 32.2. The fourth-order valence-corrected chi connectivity index (χ4v) is 6.69. The molecule has 5 rings (SSSR count). The van der Waals surface area contributed by atoms with Crippen LogP contribution in [0.2, 0.25) is 0 Å². The molecule has 1 aliphatic heterocycles. The number of fused-ring (bicyclic) bond motifs is 3. The lowest BCUT2D eigenvalue weighted by atomic mass is 10.1. The predicted molar refractivity (Wildman–Crippen MR) is 131 cm³/mol. The van der Waals surface area contributed by atoms with Crippen molar-refractivity contribution >= 4 is 39.2 Å². The van der Waals surface area contributed by atoms with Crippen molar-refractivity contribution in [3.05, 3.63) is 45.1 Å². The molecule has 9 heteroatoms. The fourth-order valence-electron chi connectivity index (χ4n) is 4.47. The van der Waals surface area contributed by atoms with Gasteiger partial charge in [-0.05, 0) is 43.4 Å². The molecule has 2 aliphatic rings. The molecule has 33 heavy (non-hydrogen) atoms. The van der Waals surface area contributed by atoms with Gasteiger partial charge in [-0.3, -0.25) is 14.2 Å². The highest BCUT2D eigenvalue weighted by Crippen LogP contribution is 2.35. The molecule has 0 saturated carbocycles. The van der Waals surface area contributed by atoms with E-state index in [4.69, 9.17) is 14.5 Å². The van der Waals surface area contributed by atoms with Gasteiger partial charge in [0.1, 0.15) is 10.6 Å². The zero-order chi connectivity index (χ0) is 22.8. The second kappa shape index (κ2) is 9.87. The quantitative estimate of drug-likeness (QED) is 0.312. The molecular weight excluding hydrogens is 458 g/mol. The number of benzene rings is 1. The third-order valence-electron chi connectivity index (χ3n) is 6.21. The summed E-state index contributed by atoms with van der Waals surface area (Å²) >= 11 is 2.96. The Hall–Kier alpha value is -2.36. The molecule has 3 aromatic rings. The van der Waals surface area contributed by atoms with E-state index in [1.165, 1.54) is 28.6 Å². The Morgan fingerprint density at radius 2 is 2.03 bits per heavy atom. The normalized spacial score (nSPS) is 16.5. The fraction of sp³-hybridized carbons (Fsp3) is 0.458. The van der Waals surface area contributed by atoms with Gasteiger partial charge in [0, 0.05) is 24.0 Å². The van der Waals surface area contributed by atoms with Crippen LogP contribution in [-0.4, -0.2) is 59.5 Å². The van der Waals surface area contributed by atoms with Crippen molar-refractivity contribution in [2.75, 3.05) is 39.2 Å². The summed E-state index contributed by atoms with van der Waals surface area (Å²) in [6.07, 6.45) is 5.37. The average molecular weight is 486 g/mol. The zero-order valence-electron chi connectivity index (χ0n) is 18.7. The first kappa shape index (κ1) is 22.4. The summed E-state index contributed by atoms with van der Waals surface area (Å²) < 4.78 is 12.4. The summed E-state index contributed by atoms with van der Waals surface area (Å²) in [5, 5.41) is 1.28. The lowest BCUT2D eigenvalue weighted by Crippen LogP contribution is -2.41. The summed E-state index contributed by atoms with van der Waals surface area (Å²) in [5.74, 6) is 0.938. The molecule has 0 N–H and O–H groups in total. The van der Waals surface area contributed by atoms with Gasteiger partial charge in [-0.1, -0.05) is 24.2 Å². The Balaban J connectivity index is 1.58. The summed E-state index contributed by atoms with van der Waals surface area (Å²) in [5.41, 5.74) is 1.81. The van der Waals surface area contributed by atoms with Crippen LogP contribution >= 0.6 is 23.1 Å². The van der Waals surface area contributed by atoms with E-state index in [1.54, 1.807) is 23.0 Å². The summed E-state index contributed by atoms with van der Waals surface area (Å²) in [7, 11) is 1.61. The molecule has 0 atom stereocenters. The number of carbonyl (C=O) groups is 1. The van der Waals surface area contributed by atoms with Crippen molar-refractivity contribution in [2.45, 2.75) is 37.3 Å². The summed E-state index contributed by atoms with van der Waals surface area (Å²) in [6, 6.07) is 7.45. The van der Waals surface area contributed by atoms with Crippen molar-refractivity contribution in [1.82, 2.24) is 14.5 Å². The SMILES string of the molecule is COc1cccc(-n2c(SCC(=O)N3CCOCC3)nc3sc4c(c3c2=O)CCCCC4)c1. The van der Waals surface area contributed by atoms with Crippen LogP contribution in [0, 0.1) is 0 Å². The van der Waals surface area contributed by atoms with Crippen molar-refractivity contribution in [2.24, 2.45) is 0 Å². The standard InChI is InChI=1S/C24H27N3O4S2/c1-30-17-7-5-6-16(14-17)27-23(29)21-18-8-3-2-4-9-19(18)33-22(21)25-24(27)32-15-20(28)26-10-12-31-13-11-26/h5-7,14H,2-4,8-13,15H2,1H3. The Kier molecular flexibility index (Phi) is 6.71. The number of carbonyl (C=O) groups excluding carboxylic acids is 1. The third kappa shape index (κ3) is 4.54. The van der Waals surface area contributed by atoms with Gasteiger partial charge in [0.05, 0.1) is 37.2 Å². The van der Waals surface area contributed by atoms with E-state index >= 15 is 0 Å². The molecule has 0 unspecified atom stereocenters. The highest BCUT2D eigenvalue weighted by molar-refractivity contribution is 7.99. The zero-order valence-corrected chi connectivity index (χ0v) is 20.3. The van der Waals surface area contributed by atoms with Gasteiger partial charge >= 0.3 is 0 Å². The van der Waals surface area contributed by atoms with E-state index < -0.39 is 0 Å².